The summed E-state index contributed by atoms with van der Waals surface area (Å²) in [7, 11) is 0. The smallest absolute Gasteiger partial charge is 0.407 e. The lowest BCUT2D eigenvalue weighted by Gasteiger charge is -2.20. The van der Waals surface area contributed by atoms with Crippen LogP contribution in [0.5, 0.6) is 0 Å². The molecule has 5 heteroatoms. The first-order valence-corrected chi connectivity index (χ1v) is 11.3. The number of alkyl carbamates (subject to hydrolysis) is 1. The molecule has 0 spiro atoms. The predicted molar refractivity (Wildman–Crippen MR) is 121 cm³/mol. The van der Waals surface area contributed by atoms with E-state index in [4.69, 9.17) is 4.74 Å². The first kappa shape index (κ1) is 20.5. The van der Waals surface area contributed by atoms with Crippen LogP contribution in [0.15, 0.2) is 77.7 Å². The molecule has 3 aromatic rings. The Morgan fingerprint density at radius 1 is 1.00 bits per heavy atom. The minimum atomic E-state index is -0.468. The van der Waals surface area contributed by atoms with E-state index in [0.29, 0.717) is 6.42 Å². The van der Waals surface area contributed by atoms with Crippen LogP contribution in [0.1, 0.15) is 35.1 Å². The molecular formula is C25H25NO3S. The second kappa shape index (κ2) is 9.37. The molecule has 1 amide bonds. The number of hydrogen-bond donors (Lipinski definition) is 2. The number of benzene rings is 3. The van der Waals surface area contributed by atoms with Crippen molar-refractivity contribution < 1.29 is 14.6 Å². The van der Waals surface area contributed by atoms with Gasteiger partial charge in [0.25, 0.3) is 0 Å². The van der Waals surface area contributed by atoms with Crippen LogP contribution in [0.4, 0.5) is 4.79 Å². The Morgan fingerprint density at radius 3 is 2.17 bits per heavy atom. The molecule has 4 rings (SSSR count). The molecule has 1 atom stereocenters. The number of carbonyl (C=O) groups excluding carboxylic acids is 1. The number of nitrogens with one attached hydrogen (secondary N) is 1. The zero-order valence-electron chi connectivity index (χ0n) is 16.9. The lowest BCUT2D eigenvalue weighted by molar-refractivity contribution is 0.136. The highest BCUT2D eigenvalue weighted by Gasteiger charge is 2.29. The van der Waals surface area contributed by atoms with Crippen molar-refractivity contribution in [1.82, 2.24) is 5.32 Å². The molecule has 4 nitrogen and oxygen atoms in total. The van der Waals surface area contributed by atoms with Gasteiger partial charge in [-0.2, -0.15) is 0 Å². The van der Waals surface area contributed by atoms with E-state index in [2.05, 4.69) is 29.6 Å². The summed E-state index contributed by atoms with van der Waals surface area (Å²) in [6, 6.07) is 24.3. The van der Waals surface area contributed by atoms with Crippen LogP contribution < -0.4 is 5.32 Å². The van der Waals surface area contributed by atoms with Crippen LogP contribution in [0.25, 0.3) is 11.1 Å². The standard InChI is InChI=1S/C25H25NO3S/c1-30-18-12-10-17(11-13-18)24(14-15-27)26-25(28)29-16-23-21-8-4-2-6-19(21)20-7-3-5-9-22(20)23/h2-13,23-24,27H,14-16H2,1H3,(H,26,28)/t24-/m0/s1. The minimum absolute atomic E-state index is 0.0153. The third kappa shape index (κ3) is 4.23. The number of ether oxygens (including phenoxy) is 1. The van der Waals surface area contributed by atoms with Gasteiger partial charge in [0.15, 0.2) is 0 Å². The molecule has 154 valence electrons. The van der Waals surface area contributed by atoms with Gasteiger partial charge in [0.2, 0.25) is 0 Å². The molecule has 30 heavy (non-hydrogen) atoms. The van der Waals surface area contributed by atoms with Gasteiger partial charge in [-0.15, -0.1) is 11.8 Å². The average molecular weight is 420 g/mol. The molecule has 1 aliphatic carbocycles. The maximum absolute atomic E-state index is 12.6. The van der Waals surface area contributed by atoms with Crippen LogP contribution in [0, 0.1) is 0 Å². The molecule has 2 N–H and O–H groups in total. The van der Waals surface area contributed by atoms with Crippen molar-refractivity contribution >= 4 is 17.9 Å². The molecule has 0 bridgehead atoms. The highest BCUT2D eigenvalue weighted by atomic mass is 32.2. The van der Waals surface area contributed by atoms with E-state index in [9.17, 15) is 9.90 Å². The number of rotatable bonds is 7. The van der Waals surface area contributed by atoms with Crippen molar-refractivity contribution in [2.45, 2.75) is 23.3 Å². The number of amides is 1. The monoisotopic (exact) mass is 419 g/mol. The second-order valence-corrected chi connectivity index (χ2v) is 8.19. The fourth-order valence-electron chi connectivity index (χ4n) is 4.07. The van der Waals surface area contributed by atoms with E-state index in [1.165, 1.54) is 22.3 Å². The van der Waals surface area contributed by atoms with Crippen LogP contribution in [-0.2, 0) is 4.74 Å². The predicted octanol–water partition coefficient (Wildman–Crippen LogP) is 5.37. The quantitative estimate of drug-likeness (QED) is 0.506. The maximum Gasteiger partial charge on any atom is 0.407 e. The molecule has 0 saturated carbocycles. The normalized spacial score (nSPS) is 13.4. The van der Waals surface area contributed by atoms with Crippen molar-refractivity contribution in [3.8, 4) is 11.1 Å². The van der Waals surface area contributed by atoms with Gasteiger partial charge >= 0.3 is 6.09 Å². The first-order valence-electron chi connectivity index (χ1n) is 10.1. The van der Waals surface area contributed by atoms with E-state index in [1.54, 1.807) is 11.8 Å². The summed E-state index contributed by atoms with van der Waals surface area (Å²) in [5.41, 5.74) is 5.73. The third-order valence-electron chi connectivity index (χ3n) is 5.57. The zero-order chi connectivity index (χ0) is 20.9. The van der Waals surface area contributed by atoms with Gasteiger partial charge in [0.05, 0.1) is 6.04 Å². The van der Waals surface area contributed by atoms with E-state index in [1.807, 2.05) is 54.8 Å². The van der Waals surface area contributed by atoms with E-state index in [0.717, 1.165) is 10.5 Å². The van der Waals surface area contributed by atoms with Gasteiger partial charge in [-0.25, -0.2) is 4.79 Å². The fourth-order valence-corrected chi connectivity index (χ4v) is 4.48. The van der Waals surface area contributed by atoms with Crippen molar-refractivity contribution in [2.75, 3.05) is 19.5 Å². The van der Waals surface area contributed by atoms with Crippen molar-refractivity contribution in [1.29, 1.82) is 0 Å². The molecule has 0 fully saturated rings. The third-order valence-corrected chi connectivity index (χ3v) is 6.32. The number of aliphatic hydroxyl groups is 1. The van der Waals surface area contributed by atoms with E-state index >= 15 is 0 Å². The summed E-state index contributed by atoms with van der Waals surface area (Å²) in [6.07, 6.45) is 1.99. The number of hydrogen-bond acceptors (Lipinski definition) is 4. The summed E-state index contributed by atoms with van der Waals surface area (Å²) < 4.78 is 5.65. The molecule has 0 radical (unpaired) electrons. The molecule has 0 unspecified atom stereocenters. The highest BCUT2D eigenvalue weighted by Crippen LogP contribution is 2.44. The Hall–Kier alpha value is -2.76. The summed E-state index contributed by atoms with van der Waals surface area (Å²) >= 11 is 1.67. The molecule has 0 heterocycles. The van der Waals surface area contributed by atoms with Crippen LogP contribution in [-0.4, -0.2) is 30.7 Å². The molecule has 3 aromatic carbocycles. The Labute approximate surface area is 181 Å². The van der Waals surface area contributed by atoms with Crippen LogP contribution in [0.2, 0.25) is 0 Å². The molecule has 0 saturated heterocycles. The fraction of sp³-hybridized carbons (Fsp3) is 0.240. The summed E-state index contributed by atoms with van der Waals surface area (Å²) in [5.74, 6) is 0.0281. The zero-order valence-corrected chi connectivity index (χ0v) is 17.7. The largest absolute Gasteiger partial charge is 0.449 e. The lowest BCUT2D eigenvalue weighted by atomic mass is 9.98. The van der Waals surface area contributed by atoms with Gasteiger partial charge in [-0.1, -0.05) is 60.7 Å². The van der Waals surface area contributed by atoms with Crippen LogP contribution >= 0.6 is 11.8 Å². The molecule has 1 aliphatic rings. The molecule has 0 aliphatic heterocycles. The Morgan fingerprint density at radius 2 is 1.60 bits per heavy atom. The molecule has 0 aromatic heterocycles. The van der Waals surface area contributed by atoms with E-state index in [-0.39, 0.29) is 25.2 Å². The number of thioether (sulfide) groups is 1. The minimum Gasteiger partial charge on any atom is -0.449 e. The summed E-state index contributed by atoms with van der Waals surface area (Å²) in [6.45, 7) is 0.260. The van der Waals surface area contributed by atoms with Gasteiger partial charge in [0.1, 0.15) is 6.61 Å². The van der Waals surface area contributed by atoms with E-state index < -0.39 is 6.09 Å². The molecular weight excluding hydrogens is 394 g/mol. The van der Waals surface area contributed by atoms with Gasteiger partial charge in [0, 0.05) is 17.4 Å². The summed E-state index contributed by atoms with van der Waals surface area (Å²) in [4.78, 5) is 13.7. The van der Waals surface area contributed by atoms with Crippen LogP contribution in [0.3, 0.4) is 0 Å². The van der Waals surface area contributed by atoms with Crippen molar-refractivity contribution in [3.63, 3.8) is 0 Å². The SMILES string of the molecule is CSc1ccc([C@H](CCO)NC(=O)OCC2c3ccccc3-c3ccccc32)cc1. The highest BCUT2D eigenvalue weighted by molar-refractivity contribution is 7.98. The second-order valence-electron chi connectivity index (χ2n) is 7.31. The topological polar surface area (TPSA) is 58.6 Å². The van der Waals surface area contributed by atoms with Gasteiger partial charge < -0.3 is 15.2 Å². The Kier molecular flexibility index (Phi) is 6.41. The summed E-state index contributed by atoms with van der Waals surface area (Å²) in [5, 5.41) is 12.4. The Balaban J connectivity index is 1.45. The average Bonchev–Trinajstić information content (AvgIpc) is 3.11. The van der Waals surface area contributed by atoms with Gasteiger partial charge in [-0.05, 0) is 52.6 Å². The Bertz CT molecular complexity index is 973. The van der Waals surface area contributed by atoms with Crippen molar-refractivity contribution in [3.05, 3.63) is 89.5 Å². The maximum atomic E-state index is 12.6. The van der Waals surface area contributed by atoms with Crippen molar-refractivity contribution in [2.24, 2.45) is 0 Å². The number of aliphatic hydroxyl groups excluding tert-OH is 1. The first-order chi connectivity index (χ1) is 14.7. The van der Waals surface area contributed by atoms with Gasteiger partial charge in [-0.3, -0.25) is 0 Å². The number of carbonyl (C=O) groups is 1. The number of fused-ring (bicyclic) bond motifs is 3. The lowest BCUT2D eigenvalue weighted by Crippen LogP contribution is -2.31.